The lowest BCUT2D eigenvalue weighted by Crippen LogP contribution is -2.21. The van der Waals surface area contributed by atoms with Crippen LogP contribution in [-0.2, 0) is 16.4 Å². The van der Waals surface area contributed by atoms with Gasteiger partial charge in [-0.3, -0.25) is 4.68 Å². The topological polar surface area (TPSA) is 55.2 Å². The van der Waals surface area contributed by atoms with Gasteiger partial charge in [0.2, 0.25) is 0 Å². The monoisotopic (exact) mass is 411 g/mol. The molecule has 0 N–H and O–H groups in total. The molecular weight excluding hydrogens is 385 g/mol. The van der Waals surface area contributed by atoms with Crippen LogP contribution >= 0.6 is 11.8 Å². The van der Waals surface area contributed by atoms with Gasteiger partial charge in [0.25, 0.3) is 0 Å². The van der Waals surface area contributed by atoms with Crippen molar-refractivity contribution in [2.45, 2.75) is 37.8 Å². The summed E-state index contributed by atoms with van der Waals surface area (Å²) >= 11 is 1.52. The minimum Gasteiger partial charge on any atom is -0.301 e. The first-order valence-corrected chi connectivity index (χ1v) is 11.9. The SMILES string of the molecule is Cc1nn([C@@H]2CCS(=O)(=O)C2)c(C)c1CN(C)CCSc1ccccc1F. The van der Waals surface area contributed by atoms with Gasteiger partial charge in [0, 0.05) is 35.0 Å². The molecule has 0 bridgehead atoms. The van der Waals surface area contributed by atoms with Gasteiger partial charge < -0.3 is 4.90 Å². The average molecular weight is 412 g/mol. The molecule has 2 aromatic rings. The molecule has 5 nitrogen and oxygen atoms in total. The molecule has 1 aliphatic rings. The molecule has 1 aromatic carbocycles. The van der Waals surface area contributed by atoms with Gasteiger partial charge in [-0.05, 0) is 39.4 Å². The molecule has 27 heavy (non-hydrogen) atoms. The Morgan fingerprint density at radius 1 is 1.33 bits per heavy atom. The molecular formula is C19H26FN3O2S2. The first-order chi connectivity index (χ1) is 12.8. The fourth-order valence-corrected chi connectivity index (χ4v) is 6.17. The number of halogens is 1. The quantitative estimate of drug-likeness (QED) is 0.655. The van der Waals surface area contributed by atoms with Crippen molar-refractivity contribution in [2.75, 3.05) is 30.9 Å². The van der Waals surface area contributed by atoms with Crippen LogP contribution in [0.3, 0.4) is 0 Å². The van der Waals surface area contributed by atoms with E-state index >= 15 is 0 Å². The molecule has 0 saturated carbocycles. The summed E-state index contributed by atoms with van der Waals surface area (Å²) in [7, 11) is -0.894. The predicted octanol–water partition coefficient (Wildman–Crippen LogP) is 3.22. The van der Waals surface area contributed by atoms with E-state index in [0.29, 0.717) is 11.3 Å². The van der Waals surface area contributed by atoms with Crippen molar-refractivity contribution in [3.8, 4) is 0 Å². The van der Waals surface area contributed by atoms with E-state index in [1.807, 2.05) is 31.6 Å². The van der Waals surface area contributed by atoms with Crippen molar-refractivity contribution < 1.29 is 12.8 Å². The number of aryl methyl sites for hydroxylation is 1. The zero-order valence-electron chi connectivity index (χ0n) is 16.0. The number of aromatic nitrogens is 2. The minimum absolute atomic E-state index is 0.0515. The van der Waals surface area contributed by atoms with E-state index in [-0.39, 0.29) is 23.4 Å². The Bertz CT molecular complexity index is 912. The van der Waals surface area contributed by atoms with Gasteiger partial charge in [-0.15, -0.1) is 11.8 Å². The van der Waals surface area contributed by atoms with Crippen LogP contribution in [0.25, 0.3) is 0 Å². The third-order valence-corrected chi connectivity index (χ3v) is 7.80. The molecule has 0 radical (unpaired) electrons. The van der Waals surface area contributed by atoms with Crippen LogP contribution in [0.2, 0.25) is 0 Å². The fourth-order valence-electron chi connectivity index (χ4n) is 3.47. The zero-order valence-corrected chi connectivity index (χ0v) is 17.6. The fraction of sp³-hybridized carbons (Fsp3) is 0.526. The largest absolute Gasteiger partial charge is 0.301 e. The Kier molecular flexibility index (Phi) is 6.28. The molecule has 0 unspecified atom stereocenters. The summed E-state index contributed by atoms with van der Waals surface area (Å²) in [5.74, 6) is 1.05. The number of rotatable bonds is 7. The van der Waals surface area contributed by atoms with Crippen LogP contribution in [0.1, 0.15) is 29.4 Å². The Labute approximate surface area is 164 Å². The molecule has 148 valence electrons. The van der Waals surface area contributed by atoms with Crippen molar-refractivity contribution >= 4 is 21.6 Å². The smallest absolute Gasteiger partial charge is 0.152 e. The summed E-state index contributed by atoms with van der Waals surface area (Å²) in [6.07, 6.45) is 0.638. The maximum atomic E-state index is 13.7. The second kappa shape index (κ2) is 8.32. The number of nitrogens with zero attached hydrogens (tertiary/aromatic N) is 3. The molecule has 1 saturated heterocycles. The molecule has 1 aliphatic heterocycles. The molecule has 3 rings (SSSR count). The van der Waals surface area contributed by atoms with E-state index in [1.165, 1.54) is 17.8 Å². The minimum atomic E-state index is -2.93. The van der Waals surface area contributed by atoms with Crippen LogP contribution in [0, 0.1) is 19.7 Å². The van der Waals surface area contributed by atoms with E-state index in [0.717, 1.165) is 35.8 Å². The summed E-state index contributed by atoms with van der Waals surface area (Å²) in [5, 5.41) is 4.62. The van der Waals surface area contributed by atoms with Gasteiger partial charge in [0.05, 0.1) is 23.2 Å². The first kappa shape index (κ1) is 20.4. The van der Waals surface area contributed by atoms with E-state index < -0.39 is 9.84 Å². The zero-order chi connectivity index (χ0) is 19.6. The van der Waals surface area contributed by atoms with Crippen molar-refractivity contribution in [1.82, 2.24) is 14.7 Å². The molecule has 1 aromatic heterocycles. The maximum Gasteiger partial charge on any atom is 0.152 e. The van der Waals surface area contributed by atoms with Crippen molar-refractivity contribution in [3.63, 3.8) is 0 Å². The summed E-state index contributed by atoms with van der Waals surface area (Å²) in [5.41, 5.74) is 3.14. The molecule has 2 heterocycles. The van der Waals surface area contributed by atoms with Crippen LogP contribution in [0.5, 0.6) is 0 Å². The lowest BCUT2D eigenvalue weighted by Gasteiger charge is -2.17. The molecule has 8 heteroatoms. The van der Waals surface area contributed by atoms with Crippen molar-refractivity contribution in [1.29, 1.82) is 0 Å². The lowest BCUT2D eigenvalue weighted by molar-refractivity contribution is 0.346. The highest BCUT2D eigenvalue weighted by Crippen LogP contribution is 2.27. The third-order valence-electron chi connectivity index (χ3n) is 5.02. The number of hydrogen-bond acceptors (Lipinski definition) is 5. The second-order valence-electron chi connectivity index (χ2n) is 7.17. The van der Waals surface area contributed by atoms with Crippen molar-refractivity contribution in [3.05, 3.63) is 47.0 Å². The van der Waals surface area contributed by atoms with Crippen LogP contribution in [0.15, 0.2) is 29.2 Å². The first-order valence-electron chi connectivity index (χ1n) is 9.07. The highest BCUT2D eigenvalue weighted by molar-refractivity contribution is 7.99. The van der Waals surface area contributed by atoms with E-state index in [1.54, 1.807) is 12.1 Å². The highest BCUT2D eigenvalue weighted by Gasteiger charge is 2.31. The van der Waals surface area contributed by atoms with E-state index in [9.17, 15) is 12.8 Å². The number of benzene rings is 1. The average Bonchev–Trinajstić information content (AvgIpc) is 3.10. The molecule has 1 fully saturated rings. The summed E-state index contributed by atoms with van der Waals surface area (Å²) in [4.78, 5) is 2.87. The Morgan fingerprint density at radius 3 is 2.74 bits per heavy atom. The van der Waals surface area contributed by atoms with Crippen LogP contribution < -0.4 is 0 Å². The Balaban J connectivity index is 1.59. The number of hydrogen-bond donors (Lipinski definition) is 0. The number of sulfone groups is 1. The van der Waals surface area contributed by atoms with Gasteiger partial charge in [-0.2, -0.15) is 5.10 Å². The van der Waals surface area contributed by atoms with Gasteiger partial charge in [0.1, 0.15) is 5.82 Å². The van der Waals surface area contributed by atoms with Gasteiger partial charge in [-0.1, -0.05) is 12.1 Å². The summed E-state index contributed by atoms with van der Waals surface area (Å²) < 4.78 is 39.1. The summed E-state index contributed by atoms with van der Waals surface area (Å²) in [6.45, 7) is 5.56. The molecule has 0 aliphatic carbocycles. The maximum absolute atomic E-state index is 13.7. The molecule has 1 atom stereocenters. The highest BCUT2D eigenvalue weighted by atomic mass is 32.2. The van der Waals surface area contributed by atoms with Gasteiger partial charge in [0.15, 0.2) is 9.84 Å². The van der Waals surface area contributed by atoms with E-state index in [4.69, 9.17) is 0 Å². The molecule has 0 spiro atoms. The third kappa shape index (κ3) is 4.92. The molecule has 0 amide bonds. The van der Waals surface area contributed by atoms with Gasteiger partial charge >= 0.3 is 0 Å². The lowest BCUT2D eigenvalue weighted by atomic mass is 10.1. The number of thioether (sulfide) groups is 1. The van der Waals surface area contributed by atoms with Crippen LogP contribution in [0.4, 0.5) is 4.39 Å². The predicted molar refractivity (Wildman–Crippen MR) is 107 cm³/mol. The normalized spacial score (nSPS) is 19.1. The van der Waals surface area contributed by atoms with E-state index in [2.05, 4.69) is 10.00 Å². The van der Waals surface area contributed by atoms with Gasteiger partial charge in [-0.25, -0.2) is 12.8 Å². The Hall–Kier alpha value is -1.38. The van der Waals surface area contributed by atoms with Crippen molar-refractivity contribution in [2.24, 2.45) is 0 Å². The standard InChI is InChI=1S/C19H26FN3O2S2/c1-14-17(15(2)23(21-14)16-8-11-27(24,25)13-16)12-22(3)9-10-26-19-7-5-4-6-18(19)20/h4-7,16H,8-13H2,1-3H3/t16-/m1/s1. The Morgan fingerprint density at radius 2 is 2.07 bits per heavy atom. The summed E-state index contributed by atoms with van der Waals surface area (Å²) in [6, 6.07) is 6.78. The second-order valence-corrected chi connectivity index (χ2v) is 10.5. The van der Waals surface area contributed by atoms with Crippen LogP contribution in [-0.4, -0.2) is 53.9 Å².